The number of amides is 1. The zero-order valence-corrected chi connectivity index (χ0v) is 16.0. The van der Waals surface area contributed by atoms with Crippen LogP contribution in [0.25, 0.3) is 11.0 Å². The van der Waals surface area contributed by atoms with Crippen LogP contribution in [-0.2, 0) is 16.1 Å². The molecule has 0 aliphatic carbocycles. The van der Waals surface area contributed by atoms with Crippen LogP contribution in [0, 0.1) is 13.8 Å². The van der Waals surface area contributed by atoms with E-state index in [-0.39, 0.29) is 30.0 Å². The molecule has 0 radical (unpaired) electrons. The van der Waals surface area contributed by atoms with E-state index in [0.717, 1.165) is 5.56 Å². The van der Waals surface area contributed by atoms with E-state index in [0.29, 0.717) is 17.0 Å². The molecule has 0 bridgehead atoms. The predicted octanol–water partition coefficient (Wildman–Crippen LogP) is 2.83. The number of aromatic nitrogens is 2. The number of rotatable bonds is 5. The Hall–Kier alpha value is -3.48. The van der Waals surface area contributed by atoms with Crippen LogP contribution in [-0.4, -0.2) is 28.0 Å². The summed E-state index contributed by atoms with van der Waals surface area (Å²) in [4.78, 5) is 41.8. The lowest BCUT2D eigenvalue weighted by Gasteiger charge is -2.13. The molecule has 7 nitrogen and oxygen atoms in total. The Balaban J connectivity index is 2.00. The number of hydrogen-bond donors (Lipinski definition) is 1. The summed E-state index contributed by atoms with van der Waals surface area (Å²) in [6.45, 7) is 5.46. The second-order valence-electron chi connectivity index (χ2n) is 6.46. The van der Waals surface area contributed by atoms with Gasteiger partial charge in [-0.05, 0) is 45.0 Å². The van der Waals surface area contributed by atoms with Crippen molar-refractivity contribution >= 4 is 28.6 Å². The molecule has 0 saturated heterocycles. The maximum atomic E-state index is 12.7. The Kier molecular flexibility index (Phi) is 5.54. The van der Waals surface area contributed by atoms with Crippen molar-refractivity contribution in [2.45, 2.75) is 27.3 Å². The van der Waals surface area contributed by atoms with E-state index in [2.05, 4.69) is 10.3 Å². The van der Waals surface area contributed by atoms with E-state index >= 15 is 0 Å². The molecule has 1 N–H and O–H groups in total. The third kappa shape index (κ3) is 4.09. The number of nitrogens with one attached hydrogen (secondary N) is 1. The van der Waals surface area contributed by atoms with Gasteiger partial charge in [0.1, 0.15) is 17.8 Å². The Labute approximate surface area is 162 Å². The molecular formula is C21H21N3O4. The molecule has 0 saturated carbocycles. The number of anilines is 1. The summed E-state index contributed by atoms with van der Waals surface area (Å²) in [5.41, 5.74) is 2.21. The monoisotopic (exact) mass is 379 g/mol. The van der Waals surface area contributed by atoms with Crippen LogP contribution in [0.5, 0.6) is 0 Å². The highest BCUT2D eigenvalue weighted by Crippen LogP contribution is 2.13. The Morgan fingerprint density at radius 1 is 1.11 bits per heavy atom. The van der Waals surface area contributed by atoms with E-state index < -0.39 is 11.4 Å². The third-order valence-corrected chi connectivity index (χ3v) is 4.21. The van der Waals surface area contributed by atoms with Crippen LogP contribution in [0.2, 0.25) is 0 Å². The van der Waals surface area contributed by atoms with Crippen molar-refractivity contribution < 1.29 is 14.3 Å². The van der Waals surface area contributed by atoms with Gasteiger partial charge in [-0.25, -0.2) is 9.78 Å². The fourth-order valence-corrected chi connectivity index (χ4v) is 2.83. The molecule has 1 aromatic carbocycles. The maximum Gasteiger partial charge on any atom is 0.343 e. The maximum absolute atomic E-state index is 12.7. The molecule has 3 aromatic rings. The topological polar surface area (TPSA) is 90.3 Å². The molecule has 0 unspecified atom stereocenters. The first kappa shape index (κ1) is 19.3. The van der Waals surface area contributed by atoms with Gasteiger partial charge in [-0.15, -0.1) is 0 Å². The van der Waals surface area contributed by atoms with Gasteiger partial charge in [0.15, 0.2) is 0 Å². The molecule has 1 amide bonds. The lowest BCUT2D eigenvalue weighted by molar-refractivity contribution is -0.116. The minimum Gasteiger partial charge on any atom is -0.462 e. The van der Waals surface area contributed by atoms with Crippen molar-refractivity contribution in [1.29, 1.82) is 0 Å². The number of benzene rings is 1. The van der Waals surface area contributed by atoms with Gasteiger partial charge in [-0.1, -0.05) is 17.7 Å². The number of esters is 1. The highest BCUT2D eigenvalue weighted by molar-refractivity contribution is 5.95. The highest BCUT2D eigenvalue weighted by atomic mass is 16.5. The Morgan fingerprint density at radius 2 is 1.82 bits per heavy atom. The number of carbonyl (C=O) groups is 2. The van der Waals surface area contributed by atoms with Crippen LogP contribution in [0.4, 0.5) is 5.69 Å². The van der Waals surface area contributed by atoms with Crippen LogP contribution >= 0.6 is 0 Å². The number of fused-ring (bicyclic) bond motifs is 1. The van der Waals surface area contributed by atoms with Crippen LogP contribution in [0.3, 0.4) is 0 Å². The fourth-order valence-electron chi connectivity index (χ4n) is 2.83. The zero-order valence-electron chi connectivity index (χ0n) is 16.0. The molecule has 0 atom stereocenters. The Morgan fingerprint density at radius 3 is 2.50 bits per heavy atom. The lowest BCUT2D eigenvalue weighted by atomic mass is 10.2. The van der Waals surface area contributed by atoms with Gasteiger partial charge < -0.3 is 14.6 Å². The first-order valence-electron chi connectivity index (χ1n) is 8.93. The molecule has 0 spiro atoms. The van der Waals surface area contributed by atoms with Crippen LogP contribution in [0.1, 0.15) is 28.5 Å². The number of hydrogen-bond acceptors (Lipinski definition) is 5. The van der Waals surface area contributed by atoms with E-state index in [4.69, 9.17) is 4.74 Å². The highest BCUT2D eigenvalue weighted by Gasteiger charge is 2.18. The van der Waals surface area contributed by atoms with Gasteiger partial charge in [-0.2, -0.15) is 0 Å². The molecule has 0 fully saturated rings. The molecular weight excluding hydrogens is 358 g/mol. The molecule has 2 aromatic heterocycles. The minimum absolute atomic E-state index is 0.104. The van der Waals surface area contributed by atoms with Crippen molar-refractivity contribution in [3.05, 3.63) is 69.6 Å². The number of ether oxygens (including phenoxy) is 1. The normalized spacial score (nSPS) is 10.7. The summed E-state index contributed by atoms with van der Waals surface area (Å²) < 4.78 is 6.47. The molecule has 0 aliphatic rings. The molecule has 144 valence electrons. The molecule has 28 heavy (non-hydrogen) atoms. The summed E-state index contributed by atoms with van der Waals surface area (Å²) >= 11 is 0. The van der Waals surface area contributed by atoms with E-state index in [9.17, 15) is 14.4 Å². The number of carbonyl (C=O) groups excluding carboxylic acids is 2. The van der Waals surface area contributed by atoms with Gasteiger partial charge in [0, 0.05) is 17.6 Å². The fraction of sp³-hybridized carbons (Fsp3) is 0.238. The second-order valence-corrected chi connectivity index (χ2v) is 6.46. The molecule has 0 aliphatic heterocycles. The van der Waals surface area contributed by atoms with E-state index in [1.807, 2.05) is 31.2 Å². The summed E-state index contributed by atoms with van der Waals surface area (Å²) in [5, 5.41) is 3.07. The third-order valence-electron chi connectivity index (χ3n) is 4.21. The van der Waals surface area contributed by atoms with Crippen molar-refractivity contribution in [1.82, 2.24) is 9.55 Å². The average molecular weight is 379 g/mol. The van der Waals surface area contributed by atoms with Crippen molar-refractivity contribution in [2.24, 2.45) is 0 Å². The van der Waals surface area contributed by atoms with Crippen molar-refractivity contribution in [3.63, 3.8) is 0 Å². The van der Waals surface area contributed by atoms with Crippen LogP contribution in [0.15, 0.2) is 47.4 Å². The van der Waals surface area contributed by atoms with Gasteiger partial charge in [0.05, 0.1) is 12.0 Å². The smallest absolute Gasteiger partial charge is 0.343 e. The predicted molar refractivity (Wildman–Crippen MR) is 107 cm³/mol. The summed E-state index contributed by atoms with van der Waals surface area (Å²) in [5.74, 6) is -1.02. The number of nitrogens with zero attached hydrogens (tertiary/aromatic N) is 2. The lowest BCUT2D eigenvalue weighted by Crippen LogP contribution is -2.25. The average Bonchev–Trinajstić information content (AvgIpc) is 2.66. The van der Waals surface area contributed by atoms with Gasteiger partial charge in [0.2, 0.25) is 11.3 Å². The second kappa shape index (κ2) is 8.04. The Bertz CT molecular complexity index is 1100. The van der Waals surface area contributed by atoms with Crippen LogP contribution < -0.4 is 10.7 Å². The SMILES string of the molecule is CCOC(=O)c1cn(CC(=O)Nc2ccc(C)cc2)c2nc(C)ccc2c1=O. The zero-order chi connectivity index (χ0) is 20.3. The summed E-state index contributed by atoms with van der Waals surface area (Å²) in [6.07, 6.45) is 1.34. The standard InChI is InChI=1S/C21H21N3O4/c1-4-28-21(27)17-11-24(20-16(19(17)26)10-7-14(3)22-20)12-18(25)23-15-8-5-13(2)6-9-15/h5-11H,4,12H2,1-3H3,(H,23,25). The molecule has 3 rings (SSSR count). The van der Waals surface area contributed by atoms with E-state index in [1.165, 1.54) is 10.8 Å². The number of pyridine rings is 2. The first-order chi connectivity index (χ1) is 13.4. The molecule has 7 heteroatoms. The van der Waals surface area contributed by atoms with E-state index in [1.54, 1.807) is 26.0 Å². The van der Waals surface area contributed by atoms with Crippen molar-refractivity contribution in [2.75, 3.05) is 11.9 Å². The van der Waals surface area contributed by atoms with Gasteiger partial charge in [0.25, 0.3) is 0 Å². The minimum atomic E-state index is -0.720. The van der Waals surface area contributed by atoms with Crippen molar-refractivity contribution in [3.8, 4) is 0 Å². The number of aryl methyl sites for hydroxylation is 2. The summed E-state index contributed by atoms with van der Waals surface area (Å²) in [6, 6.07) is 10.7. The van der Waals surface area contributed by atoms with Gasteiger partial charge in [-0.3, -0.25) is 9.59 Å². The first-order valence-corrected chi connectivity index (χ1v) is 8.93. The van der Waals surface area contributed by atoms with Gasteiger partial charge >= 0.3 is 5.97 Å². The molecule has 2 heterocycles. The quantitative estimate of drug-likeness (QED) is 0.689. The largest absolute Gasteiger partial charge is 0.462 e. The summed E-state index contributed by atoms with van der Waals surface area (Å²) in [7, 11) is 0.